The summed E-state index contributed by atoms with van der Waals surface area (Å²) in [5.41, 5.74) is 0.769. The Balaban J connectivity index is 3.20. The minimum absolute atomic E-state index is 0.769. The molecule has 0 unspecified atom stereocenters. The maximum atomic E-state index is 3.44. The van der Waals surface area contributed by atoms with Crippen LogP contribution in [-0.2, 0) is 0 Å². The number of allylic oxidation sites excluding steroid dienone is 1. The normalized spacial score (nSPS) is 6.60. The highest BCUT2D eigenvalue weighted by Crippen LogP contribution is 1.80. The molecule has 0 aliphatic rings. The second-order valence-electron chi connectivity index (χ2n) is 0.893. The summed E-state index contributed by atoms with van der Waals surface area (Å²) >= 11 is 0. The summed E-state index contributed by atoms with van der Waals surface area (Å²) in [6.45, 7) is 8.45. The molecule has 0 saturated heterocycles. The van der Waals surface area contributed by atoms with Crippen LogP contribution in [0.2, 0.25) is 0 Å². The van der Waals surface area contributed by atoms with Gasteiger partial charge in [0.15, 0.2) is 0 Å². The van der Waals surface area contributed by atoms with E-state index >= 15 is 0 Å². The largest absolute Gasteiger partial charge is 0.270 e. The van der Waals surface area contributed by atoms with Crippen molar-refractivity contribution >= 4 is 6.72 Å². The van der Waals surface area contributed by atoms with E-state index in [2.05, 4.69) is 18.3 Å². The Hall–Kier alpha value is -0.590. The predicted molar refractivity (Wildman–Crippen MR) is 24.4 cm³/mol. The molecule has 0 rings (SSSR count). The Morgan fingerprint density at radius 2 is 2.00 bits per heavy atom. The van der Waals surface area contributed by atoms with E-state index in [1.807, 2.05) is 0 Å². The van der Waals surface area contributed by atoms with Gasteiger partial charge in [-0.25, -0.2) is 0 Å². The Morgan fingerprint density at radius 3 is 2.00 bits per heavy atom. The molecule has 0 spiro atoms. The number of hydrogen-bond acceptors (Lipinski definition) is 1. The lowest BCUT2D eigenvalue weighted by Gasteiger charge is -1.72. The summed E-state index contributed by atoms with van der Waals surface area (Å²) in [4.78, 5) is 3.44. The molecule has 0 aliphatic carbocycles. The molecule has 0 N–H and O–H groups in total. The van der Waals surface area contributed by atoms with Crippen LogP contribution in [0.1, 0.15) is 6.92 Å². The number of aliphatic imine (C=N–C) groups is 1. The van der Waals surface area contributed by atoms with Gasteiger partial charge in [-0.15, -0.1) is 0 Å². The summed E-state index contributed by atoms with van der Waals surface area (Å²) in [6.07, 6.45) is 0. The lowest BCUT2D eigenvalue weighted by molar-refractivity contribution is 1.35. The number of rotatable bonds is 1. The second kappa shape index (κ2) is 1.70. The van der Waals surface area contributed by atoms with Crippen LogP contribution in [0.4, 0.5) is 0 Å². The topological polar surface area (TPSA) is 12.4 Å². The monoisotopic (exact) mass is 69.1 g/mol. The van der Waals surface area contributed by atoms with E-state index in [1.54, 1.807) is 6.92 Å². The zero-order valence-corrected chi connectivity index (χ0v) is 3.36. The summed E-state index contributed by atoms with van der Waals surface area (Å²) in [7, 11) is 0. The van der Waals surface area contributed by atoms with Crippen LogP contribution in [0.3, 0.4) is 0 Å². The molecule has 28 valence electrons. The van der Waals surface area contributed by atoms with E-state index in [9.17, 15) is 0 Å². The first-order valence-electron chi connectivity index (χ1n) is 1.39. The van der Waals surface area contributed by atoms with E-state index in [4.69, 9.17) is 0 Å². The molecule has 1 nitrogen and oxygen atoms in total. The van der Waals surface area contributed by atoms with Gasteiger partial charge in [-0.05, 0) is 13.6 Å². The molecule has 0 bridgehead atoms. The fourth-order valence-electron chi connectivity index (χ4n) is 0. The van der Waals surface area contributed by atoms with Crippen LogP contribution in [0, 0.1) is 0 Å². The summed E-state index contributed by atoms with van der Waals surface area (Å²) in [5, 5.41) is 0. The van der Waals surface area contributed by atoms with Crippen molar-refractivity contribution < 1.29 is 0 Å². The first-order valence-corrected chi connectivity index (χ1v) is 1.39. The van der Waals surface area contributed by atoms with Crippen molar-refractivity contribution in [2.75, 3.05) is 0 Å². The molecule has 1 heteroatoms. The maximum absolute atomic E-state index is 3.44. The standard InChI is InChI=1S/C4H7N/c1-4(2)5-3/h1,3H2,2H3. The van der Waals surface area contributed by atoms with Gasteiger partial charge in [-0.1, -0.05) is 6.58 Å². The van der Waals surface area contributed by atoms with Gasteiger partial charge >= 0.3 is 0 Å². The third-order valence-electron chi connectivity index (χ3n) is 0.270. The molecule has 0 saturated carbocycles. The van der Waals surface area contributed by atoms with Gasteiger partial charge in [0.25, 0.3) is 0 Å². The van der Waals surface area contributed by atoms with Crippen molar-refractivity contribution in [3.05, 3.63) is 12.3 Å². The fourth-order valence-corrected chi connectivity index (χ4v) is 0. The molecule has 0 atom stereocenters. The first-order chi connectivity index (χ1) is 2.27. The summed E-state index contributed by atoms with van der Waals surface area (Å²) in [5.74, 6) is 0. The van der Waals surface area contributed by atoms with E-state index in [0.29, 0.717) is 0 Å². The molecule has 0 amide bonds. The van der Waals surface area contributed by atoms with E-state index in [-0.39, 0.29) is 0 Å². The predicted octanol–water partition coefficient (Wildman–Crippen LogP) is 1.22. The van der Waals surface area contributed by atoms with Gasteiger partial charge in [0.05, 0.1) is 0 Å². The van der Waals surface area contributed by atoms with E-state index < -0.39 is 0 Å². The Morgan fingerprint density at radius 1 is 1.80 bits per heavy atom. The van der Waals surface area contributed by atoms with Crippen molar-refractivity contribution in [2.45, 2.75) is 6.92 Å². The Kier molecular flexibility index (Phi) is 1.50. The third-order valence-corrected chi connectivity index (χ3v) is 0.270. The third kappa shape index (κ3) is 3.41. The Bertz CT molecular complexity index is 54.7. The molecule has 0 aromatic rings. The zero-order valence-electron chi connectivity index (χ0n) is 3.36. The average molecular weight is 69.1 g/mol. The molecule has 0 aromatic heterocycles. The van der Waals surface area contributed by atoms with Crippen molar-refractivity contribution in [3.63, 3.8) is 0 Å². The summed E-state index contributed by atoms with van der Waals surface area (Å²) in [6, 6.07) is 0. The Labute approximate surface area is 32.0 Å². The van der Waals surface area contributed by atoms with E-state index in [0.717, 1.165) is 5.70 Å². The highest BCUT2D eigenvalue weighted by Gasteiger charge is 1.59. The quantitative estimate of drug-likeness (QED) is 0.410. The van der Waals surface area contributed by atoms with Crippen LogP contribution in [0.15, 0.2) is 17.3 Å². The van der Waals surface area contributed by atoms with E-state index in [1.165, 1.54) is 0 Å². The summed E-state index contributed by atoms with van der Waals surface area (Å²) < 4.78 is 0. The van der Waals surface area contributed by atoms with Gasteiger partial charge in [0.1, 0.15) is 0 Å². The van der Waals surface area contributed by atoms with Crippen molar-refractivity contribution in [1.29, 1.82) is 0 Å². The molecule has 0 heterocycles. The van der Waals surface area contributed by atoms with Gasteiger partial charge in [0.2, 0.25) is 0 Å². The molecule has 0 aliphatic heterocycles. The van der Waals surface area contributed by atoms with Crippen LogP contribution < -0.4 is 0 Å². The van der Waals surface area contributed by atoms with Gasteiger partial charge < -0.3 is 0 Å². The minimum atomic E-state index is 0.769. The first kappa shape index (κ1) is 4.41. The zero-order chi connectivity index (χ0) is 4.28. The highest BCUT2D eigenvalue weighted by atomic mass is 14.7. The van der Waals surface area contributed by atoms with Crippen molar-refractivity contribution in [3.8, 4) is 0 Å². The number of nitrogens with zero attached hydrogens (tertiary/aromatic N) is 1. The van der Waals surface area contributed by atoms with Gasteiger partial charge in [0, 0.05) is 5.70 Å². The maximum Gasteiger partial charge on any atom is 0.0293 e. The lowest BCUT2D eigenvalue weighted by Crippen LogP contribution is -1.52. The van der Waals surface area contributed by atoms with Crippen molar-refractivity contribution in [2.24, 2.45) is 4.99 Å². The fraction of sp³-hybridized carbons (Fsp3) is 0.250. The molecule has 0 aromatic carbocycles. The smallest absolute Gasteiger partial charge is 0.0293 e. The van der Waals surface area contributed by atoms with Crippen molar-refractivity contribution in [1.82, 2.24) is 0 Å². The van der Waals surface area contributed by atoms with Crippen LogP contribution in [0.25, 0.3) is 0 Å². The SMILES string of the molecule is C=NC(=C)C. The number of hydrogen-bond donors (Lipinski definition) is 0. The van der Waals surface area contributed by atoms with Crippen LogP contribution in [0.5, 0.6) is 0 Å². The highest BCUT2D eigenvalue weighted by molar-refractivity contribution is 5.27. The molecule has 0 fully saturated rings. The average Bonchev–Trinajstić information content (AvgIpc) is 1.38. The second-order valence-corrected chi connectivity index (χ2v) is 0.893. The molecule has 0 radical (unpaired) electrons. The van der Waals surface area contributed by atoms with Crippen LogP contribution in [-0.4, -0.2) is 6.72 Å². The molecular formula is C4H7N. The lowest BCUT2D eigenvalue weighted by atomic mass is 10.6. The van der Waals surface area contributed by atoms with Crippen LogP contribution >= 0.6 is 0 Å². The van der Waals surface area contributed by atoms with Gasteiger partial charge in [-0.2, -0.15) is 0 Å². The molecule has 5 heavy (non-hydrogen) atoms. The molecular weight excluding hydrogens is 62.1 g/mol. The minimum Gasteiger partial charge on any atom is -0.270 e. The van der Waals surface area contributed by atoms with Gasteiger partial charge in [-0.3, -0.25) is 4.99 Å².